The summed E-state index contributed by atoms with van der Waals surface area (Å²) in [4.78, 5) is 0. The number of halogens is 1. The third-order valence-corrected chi connectivity index (χ3v) is 5.35. The lowest BCUT2D eigenvalue weighted by Gasteiger charge is -2.32. The largest absolute Gasteiger partial charge is 0.201 e. The van der Waals surface area contributed by atoms with Crippen LogP contribution in [-0.4, -0.2) is 3.92 Å². The quantitative estimate of drug-likeness (QED) is 0.323. The van der Waals surface area contributed by atoms with Gasteiger partial charge in [-0.3, -0.25) is 0 Å². The fourth-order valence-electron chi connectivity index (χ4n) is 3.12. The van der Waals surface area contributed by atoms with E-state index in [1.807, 2.05) is 0 Å². The monoisotopic (exact) mass is 326 g/mol. The van der Waals surface area contributed by atoms with E-state index in [4.69, 9.17) is 0 Å². The maximum Gasteiger partial charge on any atom is 0.170 e. The summed E-state index contributed by atoms with van der Waals surface area (Å²) in [6.07, 6.45) is 13.3. The van der Waals surface area contributed by atoms with Crippen LogP contribution in [0.1, 0.15) is 25.3 Å². The SMILES string of the molecule is I[C@H]1C[C@H]2CC=C[C@H]2C[C@@H]1[n+]1ccccc1. The van der Waals surface area contributed by atoms with Gasteiger partial charge < -0.3 is 0 Å². The van der Waals surface area contributed by atoms with Crippen LogP contribution < -0.4 is 4.57 Å². The van der Waals surface area contributed by atoms with E-state index in [1.165, 1.54) is 19.3 Å². The van der Waals surface area contributed by atoms with Crippen molar-refractivity contribution in [2.45, 2.75) is 29.2 Å². The summed E-state index contributed by atoms with van der Waals surface area (Å²) in [5.74, 6) is 1.77. The summed E-state index contributed by atoms with van der Waals surface area (Å²) in [6.45, 7) is 0. The van der Waals surface area contributed by atoms with Gasteiger partial charge in [0, 0.05) is 18.6 Å². The molecule has 16 heavy (non-hydrogen) atoms. The lowest BCUT2D eigenvalue weighted by molar-refractivity contribution is -0.724. The second kappa shape index (κ2) is 4.47. The highest BCUT2D eigenvalue weighted by atomic mass is 127. The van der Waals surface area contributed by atoms with E-state index in [0.717, 1.165) is 15.8 Å². The van der Waals surface area contributed by atoms with Gasteiger partial charge in [-0.15, -0.1) is 0 Å². The Morgan fingerprint density at radius 1 is 1.06 bits per heavy atom. The van der Waals surface area contributed by atoms with Crippen LogP contribution in [0.25, 0.3) is 0 Å². The molecule has 1 aromatic heterocycles. The van der Waals surface area contributed by atoms with Gasteiger partial charge in [-0.1, -0.05) is 40.8 Å². The zero-order valence-electron chi connectivity index (χ0n) is 9.30. The van der Waals surface area contributed by atoms with E-state index in [-0.39, 0.29) is 0 Å². The van der Waals surface area contributed by atoms with Crippen molar-refractivity contribution in [1.29, 1.82) is 0 Å². The first kappa shape index (κ1) is 10.8. The summed E-state index contributed by atoms with van der Waals surface area (Å²) in [7, 11) is 0. The number of fused-ring (bicyclic) bond motifs is 1. The average molecular weight is 326 g/mol. The second-order valence-corrected chi connectivity index (χ2v) is 6.57. The van der Waals surface area contributed by atoms with E-state index in [1.54, 1.807) is 0 Å². The Morgan fingerprint density at radius 2 is 1.88 bits per heavy atom. The number of hydrogen-bond donors (Lipinski definition) is 0. The normalized spacial score (nSPS) is 37.3. The van der Waals surface area contributed by atoms with E-state index in [0.29, 0.717) is 6.04 Å². The molecule has 0 N–H and O–H groups in total. The molecule has 1 fully saturated rings. The molecule has 0 aromatic carbocycles. The lowest BCUT2D eigenvalue weighted by atomic mass is 9.79. The van der Waals surface area contributed by atoms with Crippen LogP contribution >= 0.6 is 22.6 Å². The fraction of sp³-hybridized carbons (Fsp3) is 0.500. The second-order valence-electron chi connectivity index (χ2n) is 4.97. The summed E-state index contributed by atoms with van der Waals surface area (Å²) in [5, 5.41) is 0. The van der Waals surface area contributed by atoms with Gasteiger partial charge in [-0.05, 0) is 24.7 Å². The first-order valence-corrected chi connectivity index (χ1v) is 7.35. The molecule has 1 saturated carbocycles. The molecule has 4 atom stereocenters. The van der Waals surface area contributed by atoms with Gasteiger partial charge in [0.15, 0.2) is 18.4 Å². The highest BCUT2D eigenvalue weighted by molar-refractivity contribution is 14.1. The van der Waals surface area contributed by atoms with Crippen LogP contribution in [0.5, 0.6) is 0 Å². The molecule has 1 aromatic rings. The van der Waals surface area contributed by atoms with Gasteiger partial charge in [0.1, 0.15) is 0 Å². The van der Waals surface area contributed by atoms with E-state index >= 15 is 0 Å². The molecule has 0 amide bonds. The van der Waals surface area contributed by atoms with Crippen molar-refractivity contribution in [2.75, 3.05) is 0 Å². The number of rotatable bonds is 1. The number of aromatic nitrogens is 1. The molecule has 0 radical (unpaired) electrons. The van der Waals surface area contributed by atoms with Crippen LogP contribution in [0, 0.1) is 11.8 Å². The molecule has 0 aliphatic heterocycles. The average Bonchev–Trinajstić information content (AvgIpc) is 2.76. The molecular weight excluding hydrogens is 309 g/mol. The molecule has 2 heteroatoms. The Hall–Kier alpha value is -0.380. The molecule has 1 heterocycles. The summed E-state index contributed by atoms with van der Waals surface area (Å²) < 4.78 is 3.19. The summed E-state index contributed by atoms with van der Waals surface area (Å²) in [5.41, 5.74) is 0. The minimum atomic E-state index is 0.686. The van der Waals surface area contributed by atoms with Gasteiger partial charge in [-0.2, -0.15) is 0 Å². The van der Waals surface area contributed by atoms with Gasteiger partial charge in [0.2, 0.25) is 0 Å². The molecule has 0 saturated heterocycles. The van der Waals surface area contributed by atoms with Gasteiger partial charge in [0.25, 0.3) is 0 Å². The minimum Gasteiger partial charge on any atom is -0.201 e. The first-order chi connectivity index (χ1) is 7.84. The smallest absolute Gasteiger partial charge is 0.170 e. The Morgan fingerprint density at radius 3 is 2.69 bits per heavy atom. The molecular formula is C14H17IN+. The molecule has 0 unspecified atom stereocenters. The molecule has 0 spiro atoms. The van der Waals surface area contributed by atoms with Crippen molar-refractivity contribution in [1.82, 2.24) is 0 Å². The van der Waals surface area contributed by atoms with Gasteiger partial charge in [-0.25, -0.2) is 4.57 Å². The first-order valence-electron chi connectivity index (χ1n) is 6.11. The van der Waals surface area contributed by atoms with E-state index < -0.39 is 0 Å². The molecule has 84 valence electrons. The van der Waals surface area contributed by atoms with Crippen LogP contribution in [0.2, 0.25) is 0 Å². The minimum absolute atomic E-state index is 0.686. The number of allylic oxidation sites excluding steroid dienone is 2. The number of pyridine rings is 1. The summed E-state index contributed by atoms with van der Waals surface area (Å²) in [6, 6.07) is 7.06. The molecule has 2 aliphatic rings. The van der Waals surface area contributed by atoms with Crippen LogP contribution in [-0.2, 0) is 0 Å². The fourth-order valence-corrected chi connectivity index (χ4v) is 4.43. The molecule has 0 bridgehead atoms. The maximum atomic E-state index is 2.65. The third-order valence-electron chi connectivity index (χ3n) is 4.01. The van der Waals surface area contributed by atoms with Crippen molar-refractivity contribution in [3.63, 3.8) is 0 Å². The zero-order chi connectivity index (χ0) is 11.0. The number of hydrogen-bond acceptors (Lipinski definition) is 0. The standard InChI is InChI=1S/C14H17IN/c15-13-9-11-5-4-6-12(11)10-14(13)16-7-2-1-3-8-16/h1-4,6-8,11-14H,5,9-10H2/q+1/t11-,12+,13+,14+/m1/s1. The van der Waals surface area contributed by atoms with Crippen molar-refractivity contribution >= 4 is 22.6 Å². The van der Waals surface area contributed by atoms with Crippen molar-refractivity contribution in [3.05, 3.63) is 42.7 Å². The highest BCUT2D eigenvalue weighted by Crippen LogP contribution is 2.43. The van der Waals surface area contributed by atoms with Crippen molar-refractivity contribution in [3.8, 4) is 0 Å². The molecule has 3 rings (SSSR count). The topological polar surface area (TPSA) is 3.88 Å². The van der Waals surface area contributed by atoms with Crippen LogP contribution in [0.3, 0.4) is 0 Å². The van der Waals surface area contributed by atoms with Gasteiger partial charge >= 0.3 is 0 Å². The highest BCUT2D eigenvalue weighted by Gasteiger charge is 2.40. The van der Waals surface area contributed by atoms with E-state index in [9.17, 15) is 0 Å². The summed E-state index contributed by atoms with van der Waals surface area (Å²) >= 11 is 2.65. The van der Waals surface area contributed by atoms with Crippen molar-refractivity contribution in [2.24, 2.45) is 11.8 Å². The number of alkyl halides is 1. The predicted octanol–water partition coefficient (Wildman–Crippen LogP) is 3.30. The van der Waals surface area contributed by atoms with Crippen LogP contribution in [0.15, 0.2) is 42.7 Å². The van der Waals surface area contributed by atoms with E-state index in [2.05, 4.69) is 69.9 Å². The Labute approximate surface area is 111 Å². The maximum absolute atomic E-state index is 2.65. The Kier molecular flexibility index (Phi) is 3.01. The predicted molar refractivity (Wildman–Crippen MR) is 73.5 cm³/mol. The van der Waals surface area contributed by atoms with Crippen LogP contribution in [0.4, 0.5) is 0 Å². The Bertz CT molecular complexity index is 387. The van der Waals surface area contributed by atoms with Crippen molar-refractivity contribution < 1.29 is 4.57 Å². The number of nitrogens with zero attached hydrogens (tertiary/aromatic N) is 1. The molecule has 2 aliphatic carbocycles. The lowest BCUT2D eigenvalue weighted by Crippen LogP contribution is -2.47. The van der Waals surface area contributed by atoms with Gasteiger partial charge in [0.05, 0.1) is 3.92 Å². The zero-order valence-corrected chi connectivity index (χ0v) is 11.5. The Balaban J connectivity index is 1.83. The molecule has 1 nitrogen and oxygen atoms in total. The third kappa shape index (κ3) is 1.92.